The highest BCUT2D eigenvalue weighted by molar-refractivity contribution is 5.93. The zero-order valence-corrected chi connectivity index (χ0v) is 19.2. The highest BCUT2D eigenvalue weighted by atomic mass is 35.5. The quantitative estimate of drug-likeness (QED) is 0.359. The Morgan fingerprint density at radius 1 is 0.700 bits per heavy atom. The van der Waals surface area contributed by atoms with Crippen molar-refractivity contribution in [1.29, 1.82) is 0 Å². The van der Waals surface area contributed by atoms with Crippen LogP contribution in [-0.4, -0.2) is 74.8 Å². The first kappa shape index (κ1) is 25.9. The van der Waals surface area contributed by atoms with Gasteiger partial charge in [0.2, 0.25) is 0 Å². The van der Waals surface area contributed by atoms with Gasteiger partial charge in [0.05, 0.1) is 24.2 Å². The first-order valence-electron chi connectivity index (χ1n) is 9.91. The summed E-state index contributed by atoms with van der Waals surface area (Å²) in [6.45, 7) is 3.46. The molecule has 0 aliphatic carbocycles. The molecule has 0 fully saturated rings. The van der Waals surface area contributed by atoms with Gasteiger partial charge in [-0.1, -0.05) is 0 Å². The SMILES string of the molecule is CN(C)CCCOc1ccc2cc3ccc(OCCCN(C)C)cc3nc2c1.Cl.O. The maximum absolute atomic E-state index is 5.89. The third-order valence-corrected chi connectivity index (χ3v) is 4.59. The zero-order chi connectivity index (χ0) is 19.9. The summed E-state index contributed by atoms with van der Waals surface area (Å²) in [7, 11) is 8.30. The molecule has 1 aromatic heterocycles. The number of hydrogen-bond donors (Lipinski definition) is 0. The Hall–Kier alpha value is -2.12. The molecule has 3 rings (SSSR count). The van der Waals surface area contributed by atoms with Crippen LogP contribution in [0, 0.1) is 0 Å². The summed E-state index contributed by atoms with van der Waals surface area (Å²) in [5, 5.41) is 2.24. The molecule has 0 radical (unpaired) electrons. The standard InChI is InChI=1S/C23H31N3O2.ClH.H2O/c1-25(2)11-5-13-27-20-9-7-18-15-19-8-10-21(28-14-6-12-26(3)4)17-23(19)24-22(18)16-20;;/h7-10,15-17H,5-6,11-14H2,1-4H3;1H;1H2. The number of hydrogen-bond acceptors (Lipinski definition) is 5. The Balaban J connectivity index is 0.00000225. The molecule has 0 saturated carbocycles. The fraction of sp³-hybridized carbons (Fsp3) is 0.435. The van der Waals surface area contributed by atoms with Crippen LogP contribution in [0.15, 0.2) is 42.5 Å². The van der Waals surface area contributed by atoms with Gasteiger partial charge in [0.25, 0.3) is 0 Å². The van der Waals surface area contributed by atoms with Crippen LogP contribution >= 0.6 is 12.4 Å². The predicted octanol–water partition coefficient (Wildman–Crippen LogP) is 3.65. The lowest BCUT2D eigenvalue weighted by Gasteiger charge is -2.12. The van der Waals surface area contributed by atoms with Crippen molar-refractivity contribution in [1.82, 2.24) is 14.8 Å². The Labute approximate surface area is 185 Å². The summed E-state index contributed by atoms with van der Waals surface area (Å²) in [4.78, 5) is 9.16. The molecule has 166 valence electrons. The summed E-state index contributed by atoms with van der Waals surface area (Å²) in [5.41, 5.74) is 1.89. The molecule has 0 unspecified atom stereocenters. The van der Waals surface area contributed by atoms with Crippen molar-refractivity contribution in [3.63, 3.8) is 0 Å². The van der Waals surface area contributed by atoms with Crippen LogP contribution in [-0.2, 0) is 0 Å². The second kappa shape index (κ2) is 12.5. The van der Waals surface area contributed by atoms with Crippen LogP contribution in [0.25, 0.3) is 21.8 Å². The first-order valence-corrected chi connectivity index (χ1v) is 9.91. The smallest absolute Gasteiger partial charge is 0.121 e. The topological polar surface area (TPSA) is 69.3 Å². The molecule has 2 aromatic carbocycles. The Kier molecular flexibility index (Phi) is 10.8. The maximum Gasteiger partial charge on any atom is 0.121 e. The Morgan fingerprint density at radius 3 is 1.53 bits per heavy atom. The number of benzene rings is 2. The largest absolute Gasteiger partial charge is 0.493 e. The monoisotopic (exact) mass is 435 g/mol. The number of halogens is 1. The highest BCUT2D eigenvalue weighted by Crippen LogP contribution is 2.26. The van der Waals surface area contributed by atoms with Crippen LogP contribution in [0.5, 0.6) is 11.5 Å². The van der Waals surface area contributed by atoms with Gasteiger partial charge in [0.15, 0.2) is 0 Å². The van der Waals surface area contributed by atoms with E-state index in [0.717, 1.165) is 59.2 Å². The molecular formula is C23H34ClN3O3. The van der Waals surface area contributed by atoms with Crippen molar-refractivity contribution >= 4 is 34.2 Å². The molecular weight excluding hydrogens is 402 g/mol. The molecule has 7 heteroatoms. The third-order valence-electron chi connectivity index (χ3n) is 4.59. The van der Waals surface area contributed by atoms with E-state index in [1.54, 1.807) is 0 Å². The van der Waals surface area contributed by atoms with Crippen molar-refractivity contribution in [2.24, 2.45) is 0 Å². The third kappa shape index (κ3) is 7.61. The minimum absolute atomic E-state index is 0. The number of fused-ring (bicyclic) bond motifs is 2. The molecule has 0 aliphatic rings. The lowest BCUT2D eigenvalue weighted by atomic mass is 10.1. The second-order valence-electron chi connectivity index (χ2n) is 7.71. The van der Waals surface area contributed by atoms with Crippen molar-refractivity contribution in [2.75, 3.05) is 54.5 Å². The van der Waals surface area contributed by atoms with Gasteiger partial charge in [-0.25, -0.2) is 4.98 Å². The summed E-state index contributed by atoms with van der Waals surface area (Å²) in [6.07, 6.45) is 2.01. The van der Waals surface area contributed by atoms with Crippen LogP contribution in [0.1, 0.15) is 12.8 Å². The lowest BCUT2D eigenvalue weighted by Crippen LogP contribution is -2.15. The van der Waals surface area contributed by atoms with Crippen molar-refractivity contribution < 1.29 is 14.9 Å². The van der Waals surface area contributed by atoms with E-state index in [0.29, 0.717) is 13.2 Å². The molecule has 0 saturated heterocycles. The van der Waals surface area contributed by atoms with E-state index < -0.39 is 0 Å². The number of nitrogens with zero attached hydrogens (tertiary/aromatic N) is 3. The molecule has 0 atom stereocenters. The van der Waals surface area contributed by atoms with Gasteiger partial charge in [0.1, 0.15) is 11.5 Å². The number of rotatable bonds is 10. The Bertz CT molecular complexity index is 848. The summed E-state index contributed by atoms with van der Waals surface area (Å²) in [6, 6.07) is 14.4. The van der Waals surface area contributed by atoms with Gasteiger partial charge in [-0.05, 0) is 71.4 Å². The van der Waals surface area contributed by atoms with Crippen LogP contribution < -0.4 is 9.47 Å². The summed E-state index contributed by atoms with van der Waals surface area (Å²) in [5.74, 6) is 1.74. The minimum atomic E-state index is 0. The minimum Gasteiger partial charge on any atom is -0.493 e. The zero-order valence-electron chi connectivity index (χ0n) is 18.4. The predicted molar refractivity (Wildman–Crippen MR) is 127 cm³/mol. The molecule has 0 spiro atoms. The fourth-order valence-electron chi connectivity index (χ4n) is 3.10. The van der Waals surface area contributed by atoms with Crippen LogP contribution in [0.4, 0.5) is 0 Å². The lowest BCUT2D eigenvalue weighted by molar-refractivity contribution is 0.282. The van der Waals surface area contributed by atoms with Gasteiger partial charge in [0, 0.05) is 36.0 Å². The number of pyridine rings is 1. The van der Waals surface area contributed by atoms with Crippen molar-refractivity contribution in [3.8, 4) is 11.5 Å². The molecule has 2 N–H and O–H groups in total. The van der Waals surface area contributed by atoms with Crippen molar-refractivity contribution in [2.45, 2.75) is 12.8 Å². The Morgan fingerprint density at radius 2 is 1.13 bits per heavy atom. The fourth-order valence-corrected chi connectivity index (χ4v) is 3.10. The molecule has 3 aromatic rings. The van der Waals surface area contributed by atoms with E-state index in [1.165, 1.54) is 0 Å². The number of ether oxygens (including phenoxy) is 2. The van der Waals surface area contributed by atoms with E-state index in [4.69, 9.17) is 14.5 Å². The van der Waals surface area contributed by atoms with E-state index in [-0.39, 0.29) is 17.9 Å². The van der Waals surface area contributed by atoms with Crippen LogP contribution in [0.3, 0.4) is 0 Å². The molecule has 30 heavy (non-hydrogen) atoms. The van der Waals surface area contributed by atoms with Gasteiger partial charge in [-0.3, -0.25) is 0 Å². The van der Waals surface area contributed by atoms with Gasteiger partial charge < -0.3 is 24.7 Å². The summed E-state index contributed by atoms with van der Waals surface area (Å²) >= 11 is 0. The first-order chi connectivity index (χ1) is 13.5. The molecule has 1 heterocycles. The second-order valence-corrected chi connectivity index (χ2v) is 7.71. The molecule has 0 bridgehead atoms. The molecule has 0 aliphatic heterocycles. The van der Waals surface area contributed by atoms with Gasteiger partial charge in [-0.15, -0.1) is 12.4 Å². The maximum atomic E-state index is 5.89. The van der Waals surface area contributed by atoms with E-state index >= 15 is 0 Å². The van der Waals surface area contributed by atoms with Gasteiger partial charge >= 0.3 is 0 Å². The summed E-state index contributed by atoms with van der Waals surface area (Å²) < 4.78 is 11.8. The molecule has 0 amide bonds. The molecule has 6 nitrogen and oxygen atoms in total. The van der Waals surface area contributed by atoms with E-state index in [2.05, 4.69) is 56.2 Å². The van der Waals surface area contributed by atoms with Crippen molar-refractivity contribution in [3.05, 3.63) is 42.5 Å². The average molecular weight is 436 g/mol. The van der Waals surface area contributed by atoms with Gasteiger partial charge in [-0.2, -0.15) is 0 Å². The highest BCUT2D eigenvalue weighted by Gasteiger charge is 2.05. The van der Waals surface area contributed by atoms with E-state index in [9.17, 15) is 0 Å². The number of aromatic nitrogens is 1. The normalized spacial score (nSPS) is 10.9. The van der Waals surface area contributed by atoms with Crippen LogP contribution in [0.2, 0.25) is 0 Å². The van der Waals surface area contributed by atoms with E-state index in [1.807, 2.05) is 24.3 Å². The average Bonchev–Trinajstić information content (AvgIpc) is 2.66.